The van der Waals surface area contributed by atoms with Crippen molar-refractivity contribution in [3.05, 3.63) is 52.8 Å². The molecule has 2 aromatic rings. The van der Waals surface area contributed by atoms with E-state index in [0.29, 0.717) is 29.4 Å². The van der Waals surface area contributed by atoms with Gasteiger partial charge in [-0.05, 0) is 46.7 Å². The van der Waals surface area contributed by atoms with E-state index < -0.39 is 5.82 Å². The molecule has 176 valence electrons. The Bertz CT molecular complexity index is 1050. The first kappa shape index (κ1) is 23.5. The molecule has 1 atom stereocenters. The Morgan fingerprint density at radius 1 is 1.09 bits per heavy atom. The summed E-state index contributed by atoms with van der Waals surface area (Å²) in [6.45, 7) is 2.12. The van der Waals surface area contributed by atoms with Crippen molar-refractivity contribution in [3.63, 3.8) is 0 Å². The molecule has 0 bridgehead atoms. The van der Waals surface area contributed by atoms with Gasteiger partial charge in [0.1, 0.15) is 0 Å². The van der Waals surface area contributed by atoms with Crippen LogP contribution in [0.25, 0.3) is 0 Å². The van der Waals surface area contributed by atoms with E-state index >= 15 is 4.39 Å². The van der Waals surface area contributed by atoms with E-state index in [2.05, 4.69) is 19.2 Å². The molecule has 1 saturated heterocycles. The number of nitrogens with zero attached hydrogens (tertiary/aromatic N) is 3. The van der Waals surface area contributed by atoms with Crippen LogP contribution in [0.15, 0.2) is 35.4 Å². The highest BCUT2D eigenvalue weighted by Gasteiger charge is 2.27. The first-order valence-electron chi connectivity index (χ1n) is 10.9. The number of benzene rings is 2. The number of rotatable bonds is 5. The average Bonchev–Trinajstić information content (AvgIpc) is 3.04. The fraction of sp³-hybridized carbons (Fsp3) is 0.417. The molecule has 33 heavy (non-hydrogen) atoms. The van der Waals surface area contributed by atoms with E-state index in [9.17, 15) is 4.79 Å². The second-order valence-electron chi connectivity index (χ2n) is 8.08. The SMILES string of the molecule is COc1cc2c(c(F)c1OC)CCN(C(=O)P)N=C2c1ccc(N2CCC(OC)CC2)cc1. The Hall–Kier alpha value is -2.70. The van der Waals surface area contributed by atoms with E-state index in [-0.39, 0.29) is 23.7 Å². The largest absolute Gasteiger partial charge is 0.493 e. The smallest absolute Gasteiger partial charge is 0.257 e. The molecular weight excluding hydrogens is 444 g/mol. The lowest BCUT2D eigenvalue weighted by Crippen LogP contribution is -2.36. The highest BCUT2D eigenvalue weighted by molar-refractivity contribution is 7.39. The highest BCUT2D eigenvalue weighted by atomic mass is 31.0. The molecule has 0 N–H and O–H groups in total. The quantitative estimate of drug-likeness (QED) is 0.613. The van der Waals surface area contributed by atoms with Crippen molar-refractivity contribution in [1.82, 2.24) is 5.01 Å². The monoisotopic (exact) mass is 473 g/mol. The number of piperidine rings is 1. The molecule has 0 saturated carbocycles. The predicted octanol–water partition coefficient (Wildman–Crippen LogP) is 4.06. The van der Waals surface area contributed by atoms with Gasteiger partial charge in [-0.3, -0.25) is 4.79 Å². The minimum atomic E-state index is -0.491. The van der Waals surface area contributed by atoms with Crippen LogP contribution in [0.4, 0.5) is 14.9 Å². The second kappa shape index (κ2) is 10.1. The molecule has 7 nitrogen and oxygen atoms in total. The highest BCUT2D eigenvalue weighted by Crippen LogP contribution is 2.37. The van der Waals surface area contributed by atoms with Crippen molar-refractivity contribution in [3.8, 4) is 11.5 Å². The fourth-order valence-corrected chi connectivity index (χ4v) is 4.63. The van der Waals surface area contributed by atoms with Crippen LogP contribution in [-0.2, 0) is 11.2 Å². The first-order chi connectivity index (χ1) is 16.0. The Morgan fingerprint density at radius 2 is 1.79 bits per heavy atom. The summed E-state index contributed by atoms with van der Waals surface area (Å²) >= 11 is 0. The normalized spacial score (nSPS) is 16.7. The predicted molar refractivity (Wildman–Crippen MR) is 129 cm³/mol. The second-order valence-corrected chi connectivity index (χ2v) is 8.58. The van der Waals surface area contributed by atoms with Gasteiger partial charge >= 0.3 is 0 Å². The molecule has 9 heteroatoms. The standard InChI is InChI=1S/C24H29FN3O4P/c1-30-17-8-11-27(12-9-17)16-6-4-15(5-7-16)22-19-14-20(31-2)23(32-3)21(25)18(19)10-13-28(26-22)24(29)33/h4-7,14,17H,8-13,33H2,1-3H3. The van der Waals surface area contributed by atoms with Gasteiger partial charge in [0.25, 0.3) is 5.65 Å². The summed E-state index contributed by atoms with van der Waals surface area (Å²) in [6, 6.07) is 9.74. The molecule has 2 aliphatic heterocycles. The molecule has 4 rings (SSSR count). The van der Waals surface area contributed by atoms with Crippen molar-refractivity contribution >= 4 is 26.3 Å². The Kier molecular flexibility index (Phi) is 7.15. The van der Waals surface area contributed by atoms with Gasteiger partial charge in [-0.25, -0.2) is 9.40 Å². The summed E-state index contributed by atoms with van der Waals surface area (Å²) in [5.41, 5.74) is 3.18. The van der Waals surface area contributed by atoms with Gasteiger partial charge in [0.05, 0.1) is 26.0 Å². The Labute approximate surface area is 195 Å². The van der Waals surface area contributed by atoms with Crippen LogP contribution in [0.3, 0.4) is 0 Å². The molecule has 1 amide bonds. The minimum Gasteiger partial charge on any atom is -0.493 e. The van der Waals surface area contributed by atoms with Gasteiger partial charge in [-0.15, -0.1) is 0 Å². The third-order valence-electron chi connectivity index (χ3n) is 6.30. The summed E-state index contributed by atoms with van der Waals surface area (Å²) in [7, 11) is 6.78. The van der Waals surface area contributed by atoms with Crippen molar-refractivity contribution in [2.24, 2.45) is 5.10 Å². The zero-order chi connectivity index (χ0) is 23.5. The van der Waals surface area contributed by atoms with Crippen molar-refractivity contribution in [1.29, 1.82) is 0 Å². The molecule has 0 aromatic heterocycles. The van der Waals surface area contributed by atoms with E-state index in [0.717, 1.165) is 37.2 Å². The minimum absolute atomic E-state index is 0.0519. The van der Waals surface area contributed by atoms with Crippen LogP contribution >= 0.6 is 9.24 Å². The summed E-state index contributed by atoms with van der Waals surface area (Å²) < 4.78 is 31.5. The molecule has 2 heterocycles. The maximum atomic E-state index is 15.4. The van der Waals surface area contributed by atoms with Gasteiger partial charge in [-0.2, -0.15) is 5.10 Å². The lowest BCUT2D eigenvalue weighted by atomic mass is 9.94. The first-order valence-corrected chi connectivity index (χ1v) is 11.5. The Morgan fingerprint density at radius 3 is 2.36 bits per heavy atom. The van der Waals surface area contributed by atoms with Gasteiger partial charge in [-0.1, -0.05) is 12.1 Å². The maximum absolute atomic E-state index is 15.4. The molecule has 2 aromatic carbocycles. The van der Waals surface area contributed by atoms with Crippen LogP contribution in [0.2, 0.25) is 0 Å². The van der Waals surface area contributed by atoms with Gasteiger partial charge in [0.15, 0.2) is 17.3 Å². The number of anilines is 1. The topological polar surface area (TPSA) is 63.6 Å². The summed E-state index contributed by atoms with van der Waals surface area (Å²) in [5.74, 6) is -0.156. The van der Waals surface area contributed by atoms with E-state index in [1.54, 1.807) is 13.2 Å². The summed E-state index contributed by atoms with van der Waals surface area (Å²) in [6.07, 6.45) is 2.60. The third-order valence-corrected chi connectivity index (χ3v) is 6.60. The van der Waals surface area contributed by atoms with E-state index in [1.807, 2.05) is 24.3 Å². The molecule has 0 radical (unpaired) electrons. The Balaban J connectivity index is 1.73. The number of ether oxygens (including phenoxy) is 3. The van der Waals surface area contributed by atoms with E-state index in [4.69, 9.17) is 14.2 Å². The number of amides is 1. The molecule has 2 aliphatic rings. The molecule has 1 unspecified atom stereocenters. The van der Waals surface area contributed by atoms with Gasteiger partial charge in [0, 0.05) is 49.1 Å². The van der Waals surface area contributed by atoms with Gasteiger partial charge < -0.3 is 19.1 Å². The van der Waals surface area contributed by atoms with Crippen LogP contribution in [0.5, 0.6) is 11.5 Å². The van der Waals surface area contributed by atoms with Crippen LogP contribution in [-0.4, -0.2) is 63.4 Å². The maximum Gasteiger partial charge on any atom is 0.257 e. The lowest BCUT2D eigenvalue weighted by Gasteiger charge is -2.33. The van der Waals surface area contributed by atoms with Gasteiger partial charge in [0.2, 0.25) is 0 Å². The zero-order valence-corrected chi connectivity index (χ0v) is 20.3. The number of fused-ring (bicyclic) bond motifs is 1. The number of carbonyl (C=O) groups is 1. The molecule has 1 fully saturated rings. The van der Waals surface area contributed by atoms with Crippen LogP contribution < -0.4 is 14.4 Å². The van der Waals surface area contributed by atoms with Crippen molar-refractivity contribution in [2.45, 2.75) is 25.4 Å². The lowest BCUT2D eigenvalue weighted by molar-refractivity contribution is 0.0819. The van der Waals surface area contributed by atoms with Crippen LogP contribution in [0.1, 0.15) is 29.5 Å². The number of hydrazone groups is 1. The number of halogens is 1. The summed E-state index contributed by atoms with van der Waals surface area (Å²) in [4.78, 5) is 14.5. The fourth-order valence-electron chi connectivity index (χ4n) is 4.44. The number of methoxy groups -OCH3 is 3. The number of hydrogen-bond donors (Lipinski definition) is 0. The zero-order valence-electron chi connectivity index (χ0n) is 19.1. The molecular formula is C24H29FN3O4P. The average molecular weight is 473 g/mol. The number of hydrogen-bond acceptors (Lipinski definition) is 6. The number of carbonyl (C=O) groups excluding carboxylic acids is 1. The molecule has 0 spiro atoms. The van der Waals surface area contributed by atoms with E-state index in [1.165, 1.54) is 19.2 Å². The third kappa shape index (κ3) is 4.68. The summed E-state index contributed by atoms with van der Waals surface area (Å²) in [5, 5.41) is 5.96. The van der Waals surface area contributed by atoms with Crippen LogP contribution in [0, 0.1) is 5.82 Å². The van der Waals surface area contributed by atoms with Crippen molar-refractivity contribution in [2.75, 3.05) is 45.9 Å². The van der Waals surface area contributed by atoms with Crippen molar-refractivity contribution < 1.29 is 23.4 Å². The molecule has 0 aliphatic carbocycles.